The molecule has 0 saturated carbocycles. The maximum Gasteiger partial charge on any atom is 0.262 e. The van der Waals surface area contributed by atoms with Crippen LogP contribution in [0.2, 0.25) is 10.0 Å². The van der Waals surface area contributed by atoms with Crippen LogP contribution in [0, 0.1) is 5.82 Å². The van der Waals surface area contributed by atoms with Crippen LogP contribution in [0.3, 0.4) is 0 Å². The molecule has 2 aromatic carbocycles. The normalized spacial score (nSPS) is 16.1. The van der Waals surface area contributed by atoms with Crippen LogP contribution in [0.4, 0.5) is 10.1 Å². The average Bonchev–Trinajstić information content (AvgIpc) is 2.99. The lowest BCUT2D eigenvalue weighted by atomic mass is 10.2. The minimum Gasteiger partial charge on any atom is -0.286 e. The summed E-state index contributed by atoms with van der Waals surface area (Å²) in [6.45, 7) is 0.484. The Morgan fingerprint density at radius 2 is 1.96 bits per heavy atom. The Bertz CT molecular complexity index is 797. The molecule has 1 fully saturated rings. The Kier molecular flexibility index (Phi) is 4.90. The van der Waals surface area contributed by atoms with E-state index < -0.39 is 11.7 Å². The molecule has 0 bridgehead atoms. The molecule has 1 aliphatic rings. The van der Waals surface area contributed by atoms with Gasteiger partial charge in [0.15, 0.2) is 5.17 Å². The number of carbonyl (C=O) groups is 1. The van der Waals surface area contributed by atoms with Gasteiger partial charge in [-0.1, -0.05) is 47.1 Å². The second kappa shape index (κ2) is 6.91. The van der Waals surface area contributed by atoms with Crippen LogP contribution in [0.5, 0.6) is 0 Å². The topological polar surface area (TPSA) is 32.7 Å². The van der Waals surface area contributed by atoms with E-state index in [-0.39, 0.29) is 5.56 Å². The summed E-state index contributed by atoms with van der Waals surface area (Å²) in [6.07, 6.45) is 0. The number of benzene rings is 2. The van der Waals surface area contributed by atoms with E-state index >= 15 is 0 Å². The first-order chi connectivity index (χ1) is 11.1. The number of hydrogen-bond acceptors (Lipinski definition) is 3. The molecule has 3 nitrogen and oxygen atoms in total. The van der Waals surface area contributed by atoms with Crippen molar-refractivity contribution in [3.05, 3.63) is 63.9 Å². The number of rotatable bonds is 2. The molecule has 1 aliphatic heterocycles. The fraction of sp³-hybridized carbons (Fsp3) is 0.125. The van der Waals surface area contributed by atoms with Crippen LogP contribution in [0.25, 0.3) is 0 Å². The van der Waals surface area contributed by atoms with E-state index in [1.165, 1.54) is 28.8 Å². The standard InChI is InChI=1S/C16H11Cl2FN2OS/c17-12-6-5-10(9-13(12)18)20-16-21(7-8-23-16)15(22)11-3-1-2-4-14(11)19/h1-6,9H,7-8H2. The Morgan fingerprint density at radius 1 is 1.17 bits per heavy atom. The Balaban J connectivity index is 1.91. The van der Waals surface area contributed by atoms with Gasteiger partial charge in [-0.3, -0.25) is 9.69 Å². The number of nitrogens with zero attached hydrogens (tertiary/aromatic N) is 2. The molecular formula is C16H11Cl2FN2OS. The summed E-state index contributed by atoms with van der Waals surface area (Å²) in [7, 11) is 0. The predicted molar refractivity (Wildman–Crippen MR) is 93.5 cm³/mol. The summed E-state index contributed by atoms with van der Waals surface area (Å²) >= 11 is 13.3. The van der Waals surface area contributed by atoms with E-state index in [4.69, 9.17) is 23.2 Å². The lowest BCUT2D eigenvalue weighted by Crippen LogP contribution is -2.32. The lowest BCUT2D eigenvalue weighted by molar-refractivity contribution is 0.0855. The number of hydrogen-bond donors (Lipinski definition) is 0. The summed E-state index contributed by atoms with van der Waals surface area (Å²) in [5.74, 6) is -0.226. The smallest absolute Gasteiger partial charge is 0.262 e. The molecule has 0 spiro atoms. The molecule has 118 valence electrons. The zero-order valence-electron chi connectivity index (χ0n) is 11.8. The van der Waals surface area contributed by atoms with Crippen molar-refractivity contribution in [2.45, 2.75) is 0 Å². The molecule has 0 radical (unpaired) electrons. The highest BCUT2D eigenvalue weighted by Gasteiger charge is 2.28. The van der Waals surface area contributed by atoms with Gasteiger partial charge in [0, 0.05) is 12.3 Å². The summed E-state index contributed by atoms with van der Waals surface area (Å²) in [5.41, 5.74) is 0.631. The van der Waals surface area contributed by atoms with Crippen LogP contribution >= 0.6 is 35.0 Å². The van der Waals surface area contributed by atoms with Gasteiger partial charge in [0.25, 0.3) is 5.91 Å². The number of carbonyl (C=O) groups excluding carboxylic acids is 1. The number of thioether (sulfide) groups is 1. The van der Waals surface area contributed by atoms with Crippen molar-refractivity contribution in [3.63, 3.8) is 0 Å². The molecule has 0 N–H and O–H groups in total. The van der Waals surface area contributed by atoms with Crippen LogP contribution in [0.15, 0.2) is 47.5 Å². The van der Waals surface area contributed by atoms with Crippen molar-refractivity contribution in [1.82, 2.24) is 4.90 Å². The van der Waals surface area contributed by atoms with Gasteiger partial charge in [-0.05, 0) is 30.3 Å². The fourth-order valence-corrected chi connectivity index (χ4v) is 3.38. The second-order valence-corrected chi connectivity index (χ2v) is 6.65. The predicted octanol–water partition coefficient (Wildman–Crippen LogP) is 5.01. The van der Waals surface area contributed by atoms with Gasteiger partial charge in [0.05, 0.1) is 21.3 Å². The highest BCUT2D eigenvalue weighted by molar-refractivity contribution is 8.14. The molecule has 23 heavy (non-hydrogen) atoms. The number of amides is 1. The molecule has 7 heteroatoms. The van der Waals surface area contributed by atoms with E-state index in [2.05, 4.69) is 4.99 Å². The molecule has 0 aliphatic carbocycles. The summed E-state index contributed by atoms with van der Waals surface area (Å²) in [5, 5.41) is 1.36. The minimum atomic E-state index is -0.539. The van der Waals surface area contributed by atoms with Crippen molar-refractivity contribution in [2.75, 3.05) is 12.3 Å². The summed E-state index contributed by atoms with van der Waals surface area (Å²) in [6, 6.07) is 10.9. The number of aliphatic imine (C=N–C) groups is 1. The van der Waals surface area contributed by atoms with Crippen molar-refractivity contribution in [3.8, 4) is 0 Å². The van der Waals surface area contributed by atoms with E-state index in [0.717, 1.165) is 0 Å². The van der Waals surface area contributed by atoms with E-state index in [1.807, 2.05) is 0 Å². The van der Waals surface area contributed by atoms with Crippen LogP contribution in [0.1, 0.15) is 10.4 Å². The van der Waals surface area contributed by atoms with Gasteiger partial charge in [-0.15, -0.1) is 0 Å². The van der Waals surface area contributed by atoms with Gasteiger partial charge in [0.1, 0.15) is 5.82 Å². The highest BCUT2D eigenvalue weighted by Crippen LogP contribution is 2.29. The third-order valence-corrected chi connectivity index (χ3v) is 4.95. The summed E-state index contributed by atoms with van der Waals surface area (Å²) in [4.78, 5) is 18.4. The number of amidine groups is 1. The molecule has 1 heterocycles. The van der Waals surface area contributed by atoms with Gasteiger partial charge in [-0.2, -0.15) is 0 Å². The van der Waals surface area contributed by atoms with E-state index in [0.29, 0.717) is 33.2 Å². The zero-order chi connectivity index (χ0) is 16.4. The number of halogens is 3. The molecule has 0 unspecified atom stereocenters. The Labute approximate surface area is 147 Å². The maximum absolute atomic E-state index is 13.8. The third-order valence-electron chi connectivity index (χ3n) is 3.25. The largest absolute Gasteiger partial charge is 0.286 e. The Morgan fingerprint density at radius 3 is 2.70 bits per heavy atom. The molecule has 3 rings (SSSR count). The first kappa shape index (κ1) is 16.3. The first-order valence-corrected chi connectivity index (χ1v) is 8.53. The van der Waals surface area contributed by atoms with Crippen molar-refractivity contribution in [2.24, 2.45) is 4.99 Å². The molecular weight excluding hydrogens is 358 g/mol. The molecule has 0 aromatic heterocycles. The lowest BCUT2D eigenvalue weighted by Gasteiger charge is -2.16. The first-order valence-electron chi connectivity index (χ1n) is 6.79. The molecule has 0 atom stereocenters. The van der Waals surface area contributed by atoms with Gasteiger partial charge in [-0.25, -0.2) is 9.38 Å². The third kappa shape index (κ3) is 3.52. The highest BCUT2D eigenvalue weighted by atomic mass is 35.5. The van der Waals surface area contributed by atoms with Crippen LogP contribution in [-0.2, 0) is 0 Å². The van der Waals surface area contributed by atoms with Gasteiger partial charge in [0.2, 0.25) is 0 Å². The molecule has 2 aromatic rings. The Hall–Kier alpha value is -1.56. The SMILES string of the molecule is O=C(c1ccccc1F)N1CCSC1=Nc1ccc(Cl)c(Cl)c1. The van der Waals surface area contributed by atoms with Crippen LogP contribution < -0.4 is 0 Å². The van der Waals surface area contributed by atoms with Gasteiger partial charge < -0.3 is 0 Å². The quantitative estimate of drug-likeness (QED) is 0.746. The molecule has 1 saturated heterocycles. The molecule has 1 amide bonds. The average molecular weight is 369 g/mol. The monoisotopic (exact) mass is 368 g/mol. The van der Waals surface area contributed by atoms with Gasteiger partial charge >= 0.3 is 0 Å². The second-order valence-electron chi connectivity index (χ2n) is 4.78. The van der Waals surface area contributed by atoms with E-state index in [1.54, 1.807) is 30.3 Å². The van der Waals surface area contributed by atoms with E-state index in [9.17, 15) is 9.18 Å². The fourth-order valence-electron chi connectivity index (χ4n) is 2.13. The summed E-state index contributed by atoms with van der Waals surface area (Å²) < 4.78 is 13.8. The van der Waals surface area contributed by atoms with Crippen molar-refractivity contribution in [1.29, 1.82) is 0 Å². The van der Waals surface area contributed by atoms with Crippen LogP contribution in [-0.4, -0.2) is 28.3 Å². The zero-order valence-corrected chi connectivity index (χ0v) is 14.1. The van der Waals surface area contributed by atoms with Crippen molar-refractivity contribution >= 4 is 51.7 Å². The maximum atomic E-state index is 13.8. The minimum absolute atomic E-state index is 0.0387. The van der Waals surface area contributed by atoms with Crippen molar-refractivity contribution < 1.29 is 9.18 Å².